The number of carbonyl (C=O) groups is 3. The Labute approximate surface area is 161 Å². The van der Waals surface area contributed by atoms with Crippen molar-refractivity contribution >= 4 is 45.1 Å². The van der Waals surface area contributed by atoms with Crippen molar-refractivity contribution in [1.82, 2.24) is 5.32 Å². The predicted molar refractivity (Wildman–Crippen MR) is 100 cm³/mol. The molecule has 2 amide bonds. The summed E-state index contributed by atoms with van der Waals surface area (Å²) in [6.45, 7) is 1.43. The molecule has 0 bridgehead atoms. The minimum absolute atomic E-state index is 0.0466. The number of nitrogens with one attached hydrogen (secondary N) is 2. The summed E-state index contributed by atoms with van der Waals surface area (Å²) in [5.41, 5.74) is 0.768. The lowest BCUT2D eigenvalue weighted by Crippen LogP contribution is -2.42. The Morgan fingerprint density at radius 2 is 2.15 bits per heavy atom. The van der Waals surface area contributed by atoms with Crippen molar-refractivity contribution in [1.29, 1.82) is 0 Å². The maximum Gasteiger partial charge on any atom is 0.338 e. The minimum atomic E-state index is -3.11. The second kappa shape index (κ2) is 7.89. The van der Waals surface area contributed by atoms with Crippen LogP contribution in [0.4, 0.5) is 5.69 Å². The van der Waals surface area contributed by atoms with Crippen LogP contribution in [0.1, 0.15) is 30.1 Å². The Bertz CT molecular complexity index is 883. The van der Waals surface area contributed by atoms with Gasteiger partial charge in [-0.2, -0.15) is 0 Å². The number of ether oxygens (including phenoxy) is 1. The molecule has 0 aliphatic carbocycles. The fourth-order valence-electron chi connectivity index (χ4n) is 2.86. The van der Waals surface area contributed by atoms with Gasteiger partial charge in [0.1, 0.15) is 0 Å². The van der Waals surface area contributed by atoms with E-state index in [1.165, 1.54) is 24.8 Å². The monoisotopic (exact) mass is 412 g/mol. The molecule has 2 aliphatic heterocycles. The van der Waals surface area contributed by atoms with Gasteiger partial charge in [-0.25, -0.2) is 13.2 Å². The second-order valence-corrected chi connectivity index (χ2v) is 9.88. The Balaban J connectivity index is 1.61. The van der Waals surface area contributed by atoms with E-state index in [4.69, 9.17) is 4.74 Å². The van der Waals surface area contributed by atoms with Crippen molar-refractivity contribution in [3.8, 4) is 0 Å². The average molecular weight is 412 g/mol. The number of thioether (sulfide) groups is 1. The van der Waals surface area contributed by atoms with Gasteiger partial charge in [0, 0.05) is 23.1 Å². The molecule has 0 aromatic heterocycles. The maximum atomic E-state index is 12.3. The van der Waals surface area contributed by atoms with Gasteiger partial charge in [-0.1, -0.05) is 0 Å². The van der Waals surface area contributed by atoms with Gasteiger partial charge in [-0.15, -0.1) is 11.8 Å². The molecule has 146 valence electrons. The van der Waals surface area contributed by atoms with Crippen LogP contribution in [-0.2, 0) is 24.2 Å². The van der Waals surface area contributed by atoms with Crippen molar-refractivity contribution in [2.45, 2.75) is 36.8 Å². The molecule has 10 heteroatoms. The highest BCUT2D eigenvalue weighted by Crippen LogP contribution is 2.31. The molecule has 0 saturated carbocycles. The van der Waals surface area contributed by atoms with Crippen LogP contribution in [0.15, 0.2) is 23.1 Å². The van der Waals surface area contributed by atoms with Crippen molar-refractivity contribution in [2.24, 2.45) is 0 Å². The van der Waals surface area contributed by atoms with E-state index in [1.807, 2.05) is 0 Å². The molecule has 8 nitrogen and oxygen atoms in total. The van der Waals surface area contributed by atoms with Crippen LogP contribution in [0.25, 0.3) is 0 Å². The van der Waals surface area contributed by atoms with Crippen LogP contribution in [-0.4, -0.2) is 55.6 Å². The van der Waals surface area contributed by atoms with E-state index in [2.05, 4.69) is 10.6 Å². The number of fused-ring (bicyclic) bond motifs is 1. The summed E-state index contributed by atoms with van der Waals surface area (Å²) >= 11 is 1.52. The Kier molecular flexibility index (Phi) is 5.75. The van der Waals surface area contributed by atoms with Crippen LogP contribution in [0, 0.1) is 0 Å². The van der Waals surface area contributed by atoms with Gasteiger partial charge in [0.05, 0.1) is 22.8 Å². The fraction of sp³-hybridized carbons (Fsp3) is 0.471. The van der Waals surface area contributed by atoms with Crippen molar-refractivity contribution in [3.05, 3.63) is 23.8 Å². The molecule has 1 fully saturated rings. The highest BCUT2D eigenvalue weighted by molar-refractivity contribution is 7.99. The van der Waals surface area contributed by atoms with Crippen molar-refractivity contribution in [2.75, 3.05) is 22.6 Å². The molecule has 2 atom stereocenters. The highest BCUT2D eigenvalue weighted by atomic mass is 32.2. The number of anilines is 1. The summed E-state index contributed by atoms with van der Waals surface area (Å²) < 4.78 is 28.1. The second-order valence-electron chi connectivity index (χ2n) is 6.51. The van der Waals surface area contributed by atoms with E-state index < -0.39 is 33.9 Å². The third kappa shape index (κ3) is 5.01. The van der Waals surface area contributed by atoms with Gasteiger partial charge in [0.2, 0.25) is 5.91 Å². The molecule has 3 rings (SSSR count). The molecule has 1 aromatic rings. The molecule has 2 N–H and O–H groups in total. The first-order valence-electron chi connectivity index (χ1n) is 8.52. The Morgan fingerprint density at radius 3 is 2.85 bits per heavy atom. The molecule has 27 heavy (non-hydrogen) atoms. The molecular weight excluding hydrogens is 392 g/mol. The standard InChI is InChI=1S/C17H20N2O6S2/c1-10(16(21)18-12-5-7-27(23,24)9-12)25-17(22)11-2-3-14-13(8-11)19-15(20)4-6-26-14/h2-3,8,10,12H,4-7,9H2,1H3,(H,18,21)(H,19,20)/t10-,12+/m0/s1. The van der Waals surface area contributed by atoms with E-state index >= 15 is 0 Å². The molecule has 2 heterocycles. The van der Waals surface area contributed by atoms with Gasteiger partial charge in [-0.3, -0.25) is 9.59 Å². The van der Waals surface area contributed by atoms with E-state index in [0.717, 1.165) is 4.90 Å². The van der Waals surface area contributed by atoms with Gasteiger partial charge in [-0.05, 0) is 31.5 Å². The highest BCUT2D eigenvalue weighted by Gasteiger charge is 2.31. The lowest BCUT2D eigenvalue weighted by molar-refractivity contribution is -0.129. The van der Waals surface area contributed by atoms with Crippen LogP contribution in [0.5, 0.6) is 0 Å². The molecule has 0 unspecified atom stereocenters. The van der Waals surface area contributed by atoms with E-state index in [9.17, 15) is 22.8 Å². The van der Waals surface area contributed by atoms with E-state index in [-0.39, 0.29) is 23.0 Å². The van der Waals surface area contributed by atoms with E-state index in [0.29, 0.717) is 24.3 Å². The summed E-state index contributed by atoms with van der Waals surface area (Å²) in [5, 5.41) is 5.35. The third-order valence-corrected chi connectivity index (χ3v) is 7.15. The number of esters is 1. The number of amides is 2. The van der Waals surface area contributed by atoms with Gasteiger partial charge in [0.15, 0.2) is 15.9 Å². The van der Waals surface area contributed by atoms with Crippen molar-refractivity contribution in [3.63, 3.8) is 0 Å². The summed E-state index contributed by atoms with van der Waals surface area (Å²) in [4.78, 5) is 37.0. The van der Waals surface area contributed by atoms with Gasteiger partial charge < -0.3 is 15.4 Å². The number of hydrogen-bond donors (Lipinski definition) is 2. The number of rotatable bonds is 4. The first-order chi connectivity index (χ1) is 12.7. The lowest BCUT2D eigenvalue weighted by atomic mass is 10.2. The zero-order chi connectivity index (χ0) is 19.6. The number of carbonyl (C=O) groups excluding carboxylic acids is 3. The molecule has 2 aliphatic rings. The zero-order valence-electron chi connectivity index (χ0n) is 14.7. The first-order valence-corrected chi connectivity index (χ1v) is 11.3. The Hall–Kier alpha value is -2.07. The zero-order valence-corrected chi connectivity index (χ0v) is 16.3. The molecule has 0 radical (unpaired) electrons. The maximum absolute atomic E-state index is 12.3. The molecule has 0 spiro atoms. The van der Waals surface area contributed by atoms with Crippen LogP contribution >= 0.6 is 11.8 Å². The normalized spacial score (nSPS) is 22.1. The van der Waals surface area contributed by atoms with Crippen molar-refractivity contribution < 1.29 is 27.5 Å². The molecule has 1 saturated heterocycles. The summed E-state index contributed by atoms with van der Waals surface area (Å²) in [7, 11) is -3.11. The number of hydrogen-bond acceptors (Lipinski definition) is 7. The summed E-state index contributed by atoms with van der Waals surface area (Å²) in [6.07, 6.45) is -0.312. The third-order valence-electron chi connectivity index (χ3n) is 4.31. The SMILES string of the molecule is C[C@H](OC(=O)c1ccc2c(c1)NC(=O)CCS2)C(=O)N[C@@H]1CCS(=O)(=O)C1. The molecule has 1 aromatic carbocycles. The van der Waals surface area contributed by atoms with Gasteiger partial charge >= 0.3 is 5.97 Å². The van der Waals surface area contributed by atoms with Crippen LogP contribution in [0.2, 0.25) is 0 Å². The predicted octanol–water partition coefficient (Wildman–Crippen LogP) is 0.970. The quantitative estimate of drug-likeness (QED) is 0.707. The van der Waals surface area contributed by atoms with E-state index in [1.54, 1.807) is 12.1 Å². The topological polar surface area (TPSA) is 119 Å². The fourth-order valence-corrected chi connectivity index (χ4v) is 5.47. The van der Waals surface area contributed by atoms with Gasteiger partial charge in [0.25, 0.3) is 5.91 Å². The lowest BCUT2D eigenvalue weighted by Gasteiger charge is -2.17. The smallest absolute Gasteiger partial charge is 0.338 e. The first kappa shape index (κ1) is 19.7. The summed E-state index contributed by atoms with van der Waals surface area (Å²) in [5.74, 6) is -0.735. The average Bonchev–Trinajstić information content (AvgIpc) is 2.82. The summed E-state index contributed by atoms with van der Waals surface area (Å²) in [6, 6.07) is 4.39. The Morgan fingerprint density at radius 1 is 1.37 bits per heavy atom. The number of benzene rings is 1. The minimum Gasteiger partial charge on any atom is -0.449 e. The van der Waals surface area contributed by atoms with Crippen LogP contribution in [0.3, 0.4) is 0 Å². The molecular formula is C17H20N2O6S2. The van der Waals surface area contributed by atoms with Crippen LogP contribution < -0.4 is 10.6 Å². The largest absolute Gasteiger partial charge is 0.449 e. The number of sulfone groups is 1.